The molecule has 1 heterocycles. The summed E-state index contributed by atoms with van der Waals surface area (Å²) in [6, 6.07) is 7.89. The fourth-order valence-corrected chi connectivity index (χ4v) is 1.89. The molecule has 1 aromatic rings. The van der Waals surface area contributed by atoms with Gasteiger partial charge in [0.1, 0.15) is 11.9 Å². The minimum atomic E-state index is -0.633. The van der Waals surface area contributed by atoms with Crippen molar-refractivity contribution in [3.05, 3.63) is 41.7 Å². The molecule has 17 heavy (non-hydrogen) atoms. The lowest BCUT2D eigenvalue weighted by molar-refractivity contribution is 0.0918. The zero-order valence-corrected chi connectivity index (χ0v) is 10.4. The van der Waals surface area contributed by atoms with E-state index in [4.69, 9.17) is 4.74 Å². The van der Waals surface area contributed by atoms with E-state index >= 15 is 0 Å². The van der Waals surface area contributed by atoms with Crippen LogP contribution in [0.3, 0.4) is 0 Å². The maximum atomic E-state index is 10.2. The maximum absolute atomic E-state index is 10.2. The van der Waals surface area contributed by atoms with Crippen LogP contribution in [0, 0.1) is 0 Å². The van der Waals surface area contributed by atoms with Gasteiger partial charge in [-0.25, -0.2) is 0 Å². The van der Waals surface area contributed by atoms with Gasteiger partial charge < -0.3 is 14.7 Å². The van der Waals surface area contributed by atoms with E-state index in [2.05, 4.69) is 0 Å². The summed E-state index contributed by atoms with van der Waals surface area (Å²) in [5, 5.41) is 10.2. The normalized spacial score (nSPS) is 17.0. The van der Waals surface area contributed by atoms with Gasteiger partial charge in [-0.2, -0.15) is 0 Å². The van der Waals surface area contributed by atoms with E-state index in [1.165, 1.54) is 0 Å². The fourth-order valence-electron chi connectivity index (χ4n) is 1.89. The lowest BCUT2D eigenvalue weighted by atomic mass is 10.1. The van der Waals surface area contributed by atoms with E-state index in [1.54, 1.807) is 0 Å². The molecule has 3 heteroatoms. The molecule has 92 valence electrons. The predicted octanol–water partition coefficient (Wildman–Crippen LogP) is 2.48. The van der Waals surface area contributed by atoms with Crippen molar-refractivity contribution in [1.82, 2.24) is 0 Å². The number of rotatable bonds is 3. The smallest absolute Gasteiger partial charge is 0.136 e. The van der Waals surface area contributed by atoms with Crippen molar-refractivity contribution in [3.63, 3.8) is 0 Å². The highest BCUT2D eigenvalue weighted by Gasteiger charge is 2.16. The van der Waals surface area contributed by atoms with Crippen LogP contribution < -0.4 is 4.90 Å². The number of allylic oxidation sites excluding steroid dienone is 1. The quantitative estimate of drug-likeness (QED) is 0.870. The molecule has 0 amide bonds. The van der Waals surface area contributed by atoms with Gasteiger partial charge >= 0.3 is 0 Å². The number of hydrogen-bond acceptors (Lipinski definition) is 3. The van der Waals surface area contributed by atoms with E-state index in [-0.39, 0.29) is 0 Å². The van der Waals surface area contributed by atoms with Crippen molar-refractivity contribution < 1.29 is 9.84 Å². The molecular formula is C14H19NO2. The second kappa shape index (κ2) is 5.23. The van der Waals surface area contributed by atoms with E-state index in [0.29, 0.717) is 12.4 Å². The van der Waals surface area contributed by atoms with E-state index in [0.717, 1.165) is 24.1 Å². The maximum Gasteiger partial charge on any atom is 0.136 e. The van der Waals surface area contributed by atoms with Crippen LogP contribution in [0.2, 0.25) is 0 Å². The second-order valence-electron chi connectivity index (χ2n) is 4.49. The van der Waals surface area contributed by atoms with E-state index in [9.17, 15) is 5.11 Å². The Balaban J connectivity index is 2.13. The van der Waals surface area contributed by atoms with Crippen LogP contribution >= 0.6 is 0 Å². The van der Waals surface area contributed by atoms with Gasteiger partial charge in [0.2, 0.25) is 0 Å². The van der Waals surface area contributed by atoms with Crippen molar-refractivity contribution in [2.24, 2.45) is 0 Å². The van der Waals surface area contributed by atoms with Crippen molar-refractivity contribution in [1.29, 1.82) is 0 Å². The molecule has 0 aliphatic carbocycles. The molecule has 1 atom stereocenters. The lowest BCUT2D eigenvalue weighted by Gasteiger charge is -2.20. The second-order valence-corrected chi connectivity index (χ2v) is 4.49. The number of aliphatic hydroxyl groups is 1. The zero-order chi connectivity index (χ0) is 12.3. The minimum absolute atomic E-state index is 0.633. The largest absolute Gasteiger partial charge is 0.495 e. The minimum Gasteiger partial charge on any atom is -0.495 e. The highest BCUT2D eigenvalue weighted by molar-refractivity contribution is 5.46. The van der Waals surface area contributed by atoms with Gasteiger partial charge in [0.05, 0.1) is 6.61 Å². The average molecular weight is 233 g/mol. The summed E-state index contributed by atoms with van der Waals surface area (Å²) in [6.07, 6.45) is 3.37. The highest BCUT2D eigenvalue weighted by atomic mass is 16.5. The summed E-state index contributed by atoms with van der Waals surface area (Å²) in [5.41, 5.74) is 2.00. The third-order valence-electron chi connectivity index (χ3n) is 2.96. The molecule has 0 bridgehead atoms. The monoisotopic (exact) mass is 233 g/mol. The number of hydrogen-bond donors (Lipinski definition) is 1. The molecule has 0 spiro atoms. The molecule has 0 saturated heterocycles. The number of nitrogens with zero attached hydrogens (tertiary/aromatic N) is 1. The molecule has 3 nitrogen and oxygen atoms in total. The Hall–Kier alpha value is -1.48. The summed E-state index contributed by atoms with van der Waals surface area (Å²) in [6.45, 7) is 0.707. The SMILES string of the molecule is CN(C)c1ccc(C(O)C2=CCCCO2)cc1. The first-order valence-corrected chi connectivity index (χ1v) is 5.96. The first-order chi connectivity index (χ1) is 8.18. The van der Waals surface area contributed by atoms with Gasteiger partial charge in [-0.3, -0.25) is 0 Å². The Morgan fingerprint density at radius 1 is 1.24 bits per heavy atom. The van der Waals surface area contributed by atoms with E-state index < -0.39 is 6.10 Å². The van der Waals surface area contributed by atoms with Gasteiger partial charge in [-0.05, 0) is 36.6 Å². The highest BCUT2D eigenvalue weighted by Crippen LogP contribution is 2.27. The fraction of sp³-hybridized carbons (Fsp3) is 0.429. The van der Waals surface area contributed by atoms with Gasteiger partial charge in [0.15, 0.2) is 0 Å². The van der Waals surface area contributed by atoms with Crippen molar-refractivity contribution >= 4 is 5.69 Å². The number of anilines is 1. The van der Waals surface area contributed by atoms with Crippen LogP contribution in [0.5, 0.6) is 0 Å². The van der Waals surface area contributed by atoms with Gasteiger partial charge in [0, 0.05) is 19.8 Å². The van der Waals surface area contributed by atoms with Crippen molar-refractivity contribution in [3.8, 4) is 0 Å². The Kier molecular flexibility index (Phi) is 3.69. The molecule has 1 aromatic carbocycles. The van der Waals surface area contributed by atoms with Crippen LogP contribution in [0.4, 0.5) is 5.69 Å². The molecule has 0 saturated carbocycles. The van der Waals surface area contributed by atoms with Gasteiger partial charge in [-0.1, -0.05) is 12.1 Å². The Labute approximate surface area is 102 Å². The number of ether oxygens (including phenoxy) is 1. The topological polar surface area (TPSA) is 32.7 Å². The van der Waals surface area contributed by atoms with Gasteiger partial charge in [-0.15, -0.1) is 0 Å². The summed E-state index contributed by atoms with van der Waals surface area (Å²) in [5.74, 6) is 0.689. The van der Waals surface area contributed by atoms with Crippen LogP contribution in [0.1, 0.15) is 24.5 Å². The lowest BCUT2D eigenvalue weighted by Crippen LogP contribution is -2.11. The van der Waals surface area contributed by atoms with Crippen LogP contribution in [-0.4, -0.2) is 25.8 Å². The van der Waals surface area contributed by atoms with E-state index in [1.807, 2.05) is 49.3 Å². The first-order valence-electron chi connectivity index (χ1n) is 5.96. The molecule has 1 aliphatic heterocycles. The zero-order valence-electron chi connectivity index (χ0n) is 10.4. The summed E-state index contributed by atoms with van der Waals surface area (Å²) in [4.78, 5) is 2.03. The average Bonchev–Trinajstić information content (AvgIpc) is 2.39. The molecule has 0 radical (unpaired) electrons. The van der Waals surface area contributed by atoms with Crippen LogP contribution in [0.25, 0.3) is 0 Å². The molecule has 1 unspecified atom stereocenters. The Morgan fingerprint density at radius 2 is 1.94 bits per heavy atom. The molecule has 1 aliphatic rings. The number of aliphatic hydroxyl groups excluding tert-OH is 1. The first kappa shape index (κ1) is 12.0. The van der Waals surface area contributed by atoms with Crippen molar-refractivity contribution in [2.45, 2.75) is 18.9 Å². The Morgan fingerprint density at radius 3 is 2.47 bits per heavy atom. The summed E-state index contributed by atoms with van der Waals surface area (Å²) >= 11 is 0. The number of benzene rings is 1. The van der Waals surface area contributed by atoms with Gasteiger partial charge in [0.25, 0.3) is 0 Å². The summed E-state index contributed by atoms with van der Waals surface area (Å²) < 4.78 is 5.47. The molecule has 0 aromatic heterocycles. The molecule has 2 rings (SSSR count). The van der Waals surface area contributed by atoms with Crippen LogP contribution in [-0.2, 0) is 4.74 Å². The predicted molar refractivity (Wildman–Crippen MR) is 69.0 cm³/mol. The standard InChI is InChI=1S/C14H19NO2/c1-15(2)12-8-6-11(7-9-12)14(16)13-5-3-4-10-17-13/h5-9,14,16H,3-4,10H2,1-2H3. The molecule has 1 N–H and O–H groups in total. The third kappa shape index (κ3) is 2.80. The van der Waals surface area contributed by atoms with Crippen LogP contribution in [0.15, 0.2) is 36.1 Å². The van der Waals surface area contributed by atoms with Crippen molar-refractivity contribution in [2.75, 3.05) is 25.6 Å². The summed E-state index contributed by atoms with van der Waals surface area (Å²) in [7, 11) is 4.00. The third-order valence-corrected chi connectivity index (χ3v) is 2.96. The molecular weight excluding hydrogens is 214 g/mol. The Bertz CT molecular complexity index is 395. The molecule has 0 fully saturated rings.